The average Bonchev–Trinajstić information content (AvgIpc) is 2.29. The van der Waals surface area contributed by atoms with Crippen molar-refractivity contribution in [3.63, 3.8) is 0 Å². The molecule has 0 amide bonds. The van der Waals surface area contributed by atoms with Gasteiger partial charge < -0.3 is 14.7 Å². The smallest absolute Gasteiger partial charge is 0.0931 e. The number of hydrogen-bond donors (Lipinski definition) is 1. The molecule has 0 saturated heterocycles. The summed E-state index contributed by atoms with van der Waals surface area (Å²) in [6.45, 7) is 7.52. The van der Waals surface area contributed by atoms with E-state index in [0.29, 0.717) is 18.3 Å². The van der Waals surface area contributed by atoms with Gasteiger partial charge in [0.25, 0.3) is 0 Å². The van der Waals surface area contributed by atoms with E-state index in [0.717, 1.165) is 12.2 Å². The van der Waals surface area contributed by atoms with Crippen LogP contribution in [0.4, 0.5) is 5.69 Å². The second-order valence-corrected chi connectivity index (χ2v) is 4.40. The van der Waals surface area contributed by atoms with Gasteiger partial charge in [-0.25, -0.2) is 0 Å². The third kappa shape index (κ3) is 3.98. The van der Waals surface area contributed by atoms with E-state index in [2.05, 4.69) is 23.7 Å². The maximum atomic E-state index is 9.41. The number of anilines is 1. The van der Waals surface area contributed by atoms with Crippen LogP contribution in [0.15, 0.2) is 18.3 Å². The van der Waals surface area contributed by atoms with Crippen LogP contribution in [0.1, 0.15) is 32.6 Å². The van der Waals surface area contributed by atoms with Crippen molar-refractivity contribution in [1.82, 2.24) is 4.98 Å². The predicted octanol–water partition coefficient (Wildman–Crippen LogP) is 2.00. The van der Waals surface area contributed by atoms with Crippen LogP contribution in [0.3, 0.4) is 0 Å². The van der Waals surface area contributed by atoms with E-state index in [1.165, 1.54) is 0 Å². The number of aromatic nitrogens is 1. The Morgan fingerprint density at radius 3 is 2.47 bits per heavy atom. The Kier molecular flexibility index (Phi) is 5.38. The summed E-state index contributed by atoms with van der Waals surface area (Å²) < 4.78 is 5.10. The molecule has 1 N–H and O–H groups in total. The van der Waals surface area contributed by atoms with Gasteiger partial charge >= 0.3 is 0 Å². The Bertz CT molecular complexity index is 323. The molecule has 1 rings (SSSR count). The van der Waals surface area contributed by atoms with Crippen molar-refractivity contribution in [2.24, 2.45) is 0 Å². The number of ether oxygens (including phenoxy) is 1. The van der Waals surface area contributed by atoms with Crippen molar-refractivity contribution in [3.8, 4) is 0 Å². The lowest BCUT2D eigenvalue weighted by Gasteiger charge is -2.28. The molecule has 1 aromatic rings. The Morgan fingerprint density at radius 2 is 2.06 bits per heavy atom. The molecule has 0 saturated carbocycles. The van der Waals surface area contributed by atoms with E-state index in [4.69, 9.17) is 4.74 Å². The van der Waals surface area contributed by atoms with Crippen LogP contribution in [0, 0.1) is 0 Å². The van der Waals surface area contributed by atoms with Gasteiger partial charge in [0.1, 0.15) is 0 Å². The molecule has 4 heteroatoms. The normalized spacial score (nSPS) is 12.8. The van der Waals surface area contributed by atoms with Crippen LogP contribution in [0.2, 0.25) is 0 Å². The van der Waals surface area contributed by atoms with Crippen LogP contribution >= 0.6 is 0 Å². The molecule has 1 aromatic heterocycles. The van der Waals surface area contributed by atoms with E-state index >= 15 is 0 Å². The number of aliphatic hydroxyl groups excluding tert-OH is 1. The molecular weight excluding hydrogens is 216 g/mol. The first kappa shape index (κ1) is 13.9. The van der Waals surface area contributed by atoms with Gasteiger partial charge in [-0.05, 0) is 32.9 Å². The molecular formula is C13H22N2O2. The molecule has 0 bridgehead atoms. The van der Waals surface area contributed by atoms with E-state index < -0.39 is 6.10 Å². The maximum absolute atomic E-state index is 9.41. The molecule has 0 radical (unpaired) electrons. The third-order valence-corrected chi connectivity index (χ3v) is 2.69. The molecule has 4 nitrogen and oxygen atoms in total. The molecule has 0 spiro atoms. The van der Waals surface area contributed by atoms with E-state index in [1.54, 1.807) is 20.2 Å². The van der Waals surface area contributed by atoms with Crippen molar-refractivity contribution < 1.29 is 9.84 Å². The summed E-state index contributed by atoms with van der Waals surface area (Å²) in [4.78, 5) is 6.48. The van der Waals surface area contributed by atoms with Gasteiger partial charge in [0.2, 0.25) is 0 Å². The van der Waals surface area contributed by atoms with Crippen molar-refractivity contribution >= 4 is 5.69 Å². The van der Waals surface area contributed by atoms with Crippen LogP contribution in [0.5, 0.6) is 0 Å². The van der Waals surface area contributed by atoms with E-state index in [1.807, 2.05) is 12.1 Å². The zero-order valence-corrected chi connectivity index (χ0v) is 11.1. The average molecular weight is 238 g/mol. The lowest BCUT2D eigenvalue weighted by Crippen LogP contribution is -2.33. The van der Waals surface area contributed by atoms with Gasteiger partial charge in [0.05, 0.1) is 30.3 Å². The van der Waals surface area contributed by atoms with E-state index in [9.17, 15) is 5.11 Å². The van der Waals surface area contributed by atoms with Crippen molar-refractivity contribution in [2.75, 3.05) is 25.2 Å². The van der Waals surface area contributed by atoms with Crippen molar-refractivity contribution in [1.29, 1.82) is 0 Å². The second-order valence-electron chi connectivity index (χ2n) is 4.40. The summed E-state index contributed by atoms with van der Waals surface area (Å²) in [6.07, 6.45) is 1.29. The van der Waals surface area contributed by atoms with Gasteiger partial charge in [-0.2, -0.15) is 0 Å². The number of methoxy groups -OCH3 is 1. The first-order chi connectivity index (χ1) is 8.06. The van der Waals surface area contributed by atoms with E-state index in [-0.39, 0.29) is 0 Å². The topological polar surface area (TPSA) is 45.6 Å². The number of pyridine rings is 1. The number of nitrogens with zero attached hydrogens (tertiary/aromatic N) is 2. The lowest BCUT2D eigenvalue weighted by atomic mass is 10.2. The minimum Gasteiger partial charge on any atom is -0.387 e. The number of hydrogen-bond acceptors (Lipinski definition) is 4. The fourth-order valence-corrected chi connectivity index (χ4v) is 1.69. The molecule has 1 unspecified atom stereocenters. The Balaban J connectivity index is 2.80. The van der Waals surface area contributed by atoms with Gasteiger partial charge in [-0.1, -0.05) is 0 Å². The molecule has 1 heterocycles. The molecule has 0 aliphatic carbocycles. The number of aliphatic hydroxyl groups is 1. The van der Waals surface area contributed by atoms with Gasteiger partial charge in [-0.15, -0.1) is 0 Å². The molecule has 0 aliphatic rings. The lowest BCUT2D eigenvalue weighted by molar-refractivity contribution is 0.194. The Labute approximate surface area is 103 Å². The molecule has 0 aliphatic heterocycles. The molecule has 1 atom stereocenters. The van der Waals surface area contributed by atoms with Gasteiger partial charge in [0.15, 0.2) is 0 Å². The minimum atomic E-state index is -0.518. The minimum absolute atomic E-state index is 0.393. The highest BCUT2D eigenvalue weighted by Crippen LogP contribution is 2.18. The summed E-state index contributed by atoms with van der Waals surface area (Å²) in [7, 11) is 1.70. The van der Waals surface area contributed by atoms with Crippen LogP contribution in [-0.4, -0.2) is 36.4 Å². The number of rotatable bonds is 6. The van der Waals surface area contributed by atoms with Crippen molar-refractivity contribution in [3.05, 3.63) is 24.0 Å². The van der Waals surface area contributed by atoms with Crippen LogP contribution in [-0.2, 0) is 4.74 Å². The summed E-state index contributed by atoms with van der Waals surface area (Å²) >= 11 is 0. The predicted molar refractivity (Wildman–Crippen MR) is 69.2 cm³/mol. The fourth-order valence-electron chi connectivity index (χ4n) is 1.69. The summed E-state index contributed by atoms with van der Waals surface area (Å²) in [5.74, 6) is 0. The first-order valence-corrected chi connectivity index (χ1v) is 5.96. The molecule has 0 fully saturated rings. The fraction of sp³-hybridized carbons (Fsp3) is 0.615. The monoisotopic (exact) mass is 238 g/mol. The van der Waals surface area contributed by atoms with Crippen molar-refractivity contribution in [2.45, 2.75) is 32.9 Å². The van der Waals surface area contributed by atoms with Crippen LogP contribution in [0.25, 0.3) is 0 Å². The highest BCUT2D eigenvalue weighted by molar-refractivity contribution is 5.45. The first-order valence-electron chi connectivity index (χ1n) is 5.96. The zero-order valence-electron chi connectivity index (χ0n) is 11.1. The SMILES string of the molecule is COCCN(c1ccc(C(C)O)nc1)C(C)C. The standard InChI is InChI=1S/C13H22N2O2/c1-10(2)15(7-8-17-4)12-5-6-13(11(3)16)14-9-12/h5-6,9-11,16H,7-8H2,1-4H3. The maximum Gasteiger partial charge on any atom is 0.0931 e. The molecule has 0 aromatic carbocycles. The molecule has 17 heavy (non-hydrogen) atoms. The summed E-state index contributed by atoms with van der Waals surface area (Å²) in [6, 6.07) is 4.25. The Morgan fingerprint density at radius 1 is 1.35 bits per heavy atom. The summed E-state index contributed by atoms with van der Waals surface area (Å²) in [5, 5.41) is 9.41. The largest absolute Gasteiger partial charge is 0.387 e. The molecule has 96 valence electrons. The Hall–Kier alpha value is -1.13. The quantitative estimate of drug-likeness (QED) is 0.823. The highest BCUT2D eigenvalue weighted by Gasteiger charge is 2.11. The third-order valence-electron chi connectivity index (χ3n) is 2.69. The van der Waals surface area contributed by atoms with Crippen LogP contribution < -0.4 is 4.90 Å². The second kappa shape index (κ2) is 6.57. The highest BCUT2D eigenvalue weighted by atomic mass is 16.5. The zero-order chi connectivity index (χ0) is 12.8. The summed E-state index contributed by atoms with van der Waals surface area (Å²) in [5.41, 5.74) is 1.76. The van der Waals surface area contributed by atoms with Gasteiger partial charge in [0, 0.05) is 19.7 Å². The van der Waals surface area contributed by atoms with Gasteiger partial charge in [-0.3, -0.25) is 4.98 Å².